The van der Waals surface area contributed by atoms with Crippen LogP contribution in [0.3, 0.4) is 0 Å². The molecule has 1 aliphatic rings. The lowest BCUT2D eigenvalue weighted by molar-refractivity contribution is -0.139. The predicted octanol–water partition coefficient (Wildman–Crippen LogP) is 3.24. The minimum Gasteiger partial charge on any atom is -0.351 e. The molecule has 0 radical (unpaired) electrons. The molecule has 3 rings (SSSR count). The van der Waals surface area contributed by atoms with Gasteiger partial charge in [0.1, 0.15) is 0 Å². The first-order chi connectivity index (χ1) is 15.0. The smallest absolute Gasteiger partial charge is 0.351 e. The number of halogens is 3. The van der Waals surface area contributed by atoms with E-state index in [4.69, 9.17) is 5.73 Å². The van der Waals surface area contributed by atoms with Crippen molar-refractivity contribution in [3.8, 4) is 0 Å². The van der Waals surface area contributed by atoms with Crippen LogP contribution in [0.1, 0.15) is 18.4 Å². The molecule has 0 unspecified atom stereocenters. The molecule has 2 aromatic carbocycles. The van der Waals surface area contributed by atoms with Crippen molar-refractivity contribution < 1.29 is 31.2 Å². The van der Waals surface area contributed by atoms with Crippen LogP contribution in [-0.4, -0.2) is 37.8 Å². The topological polar surface area (TPSA) is 122 Å². The Morgan fingerprint density at radius 1 is 0.969 bits per heavy atom. The van der Waals surface area contributed by atoms with E-state index in [0.29, 0.717) is 11.4 Å². The van der Waals surface area contributed by atoms with Gasteiger partial charge in [-0.1, -0.05) is 18.2 Å². The lowest BCUT2D eigenvalue weighted by Gasteiger charge is -2.31. The highest BCUT2D eigenvalue weighted by Gasteiger charge is 2.40. The summed E-state index contributed by atoms with van der Waals surface area (Å²) < 4.78 is 66.4. The number of piperidine rings is 1. The molecule has 0 spiro atoms. The number of hydrogen-bond acceptors (Lipinski definition) is 4. The quantitative estimate of drug-likeness (QED) is 0.621. The normalized spacial score (nSPS) is 15.8. The minimum atomic E-state index is -4.81. The number of primary amides is 1. The molecule has 172 valence electrons. The fourth-order valence-electron chi connectivity index (χ4n) is 3.48. The Hall–Kier alpha value is -3.12. The molecular formula is C20H21F3N4O4S. The Morgan fingerprint density at radius 3 is 2.16 bits per heavy atom. The van der Waals surface area contributed by atoms with Gasteiger partial charge in [0, 0.05) is 30.4 Å². The van der Waals surface area contributed by atoms with Crippen LogP contribution in [0, 0.1) is 5.92 Å². The highest BCUT2D eigenvalue weighted by Crippen LogP contribution is 2.36. The van der Waals surface area contributed by atoms with E-state index < -0.39 is 38.6 Å². The summed E-state index contributed by atoms with van der Waals surface area (Å²) >= 11 is 0. The molecule has 0 aliphatic carbocycles. The Kier molecular flexibility index (Phi) is 6.74. The number of nitrogens with zero attached hydrogens (tertiary/aromatic N) is 1. The zero-order valence-corrected chi connectivity index (χ0v) is 17.5. The monoisotopic (exact) mass is 470 g/mol. The summed E-state index contributed by atoms with van der Waals surface area (Å²) in [5.41, 5.74) is 4.65. The van der Waals surface area contributed by atoms with Crippen LogP contribution in [-0.2, 0) is 21.0 Å². The van der Waals surface area contributed by atoms with Gasteiger partial charge < -0.3 is 16.4 Å². The third kappa shape index (κ3) is 5.37. The molecule has 8 nitrogen and oxygen atoms in total. The average Bonchev–Trinajstić information content (AvgIpc) is 2.73. The van der Waals surface area contributed by atoms with Gasteiger partial charge in [-0.3, -0.25) is 4.79 Å². The first-order valence-corrected chi connectivity index (χ1v) is 11.1. The third-order valence-electron chi connectivity index (χ3n) is 5.03. The van der Waals surface area contributed by atoms with Crippen LogP contribution in [0.2, 0.25) is 0 Å². The fraction of sp³-hybridized carbons (Fsp3) is 0.300. The zero-order chi connectivity index (χ0) is 23.5. The van der Waals surface area contributed by atoms with E-state index in [0.717, 1.165) is 22.5 Å². The van der Waals surface area contributed by atoms with Crippen molar-refractivity contribution in [1.29, 1.82) is 0 Å². The number of sulfonamides is 1. The minimum absolute atomic E-state index is 0.0874. The summed E-state index contributed by atoms with van der Waals surface area (Å²) in [7, 11) is -4.37. The van der Waals surface area contributed by atoms with Crippen LogP contribution in [0.15, 0.2) is 53.4 Å². The van der Waals surface area contributed by atoms with E-state index in [-0.39, 0.29) is 31.8 Å². The number of hydrogen-bond donors (Lipinski definition) is 3. The second-order valence-electron chi connectivity index (χ2n) is 7.23. The van der Waals surface area contributed by atoms with Gasteiger partial charge in [-0.2, -0.15) is 17.5 Å². The van der Waals surface area contributed by atoms with Crippen LogP contribution in [0.5, 0.6) is 0 Å². The van der Waals surface area contributed by atoms with Crippen LogP contribution in [0.4, 0.5) is 29.3 Å². The highest BCUT2D eigenvalue weighted by atomic mass is 32.2. The van der Waals surface area contributed by atoms with Crippen LogP contribution >= 0.6 is 0 Å². The highest BCUT2D eigenvalue weighted by molar-refractivity contribution is 7.89. The molecule has 0 saturated carbocycles. The van der Waals surface area contributed by atoms with Gasteiger partial charge in [-0.15, -0.1) is 0 Å². The molecule has 1 aliphatic heterocycles. The lowest BCUT2D eigenvalue weighted by Crippen LogP contribution is -2.41. The first-order valence-electron chi connectivity index (χ1n) is 9.62. The zero-order valence-electron chi connectivity index (χ0n) is 16.7. The summed E-state index contributed by atoms with van der Waals surface area (Å²) in [4.78, 5) is 22.7. The number of urea groups is 1. The van der Waals surface area contributed by atoms with E-state index in [1.807, 2.05) is 0 Å². The number of carbonyl (C=O) groups is 2. The Morgan fingerprint density at radius 2 is 1.56 bits per heavy atom. The fourth-order valence-corrected chi connectivity index (χ4v) is 5.17. The van der Waals surface area contributed by atoms with Crippen molar-refractivity contribution in [2.24, 2.45) is 11.7 Å². The summed E-state index contributed by atoms with van der Waals surface area (Å²) in [5, 5.41) is 5.08. The molecule has 1 heterocycles. The van der Waals surface area contributed by atoms with E-state index in [1.54, 1.807) is 18.2 Å². The van der Waals surface area contributed by atoms with Gasteiger partial charge in [0.25, 0.3) is 0 Å². The van der Waals surface area contributed by atoms with Crippen molar-refractivity contribution in [2.75, 3.05) is 23.7 Å². The Labute approximate surface area is 182 Å². The number of rotatable bonds is 5. The maximum absolute atomic E-state index is 13.3. The largest absolute Gasteiger partial charge is 0.417 e. The lowest BCUT2D eigenvalue weighted by atomic mass is 9.97. The number of anilines is 2. The maximum atomic E-state index is 13.3. The average molecular weight is 470 g/mol. The van der Waals surface area contributed by atoms with Gasteiger partial charge in [0.2, 0.25) is 15.9 Å². The van der Waals surface area contributed by atoms with Crippen molar-refractivity contribution in [1.82, 2.24) is 4.31 Å². The van der Waals surface area contributed by atoms with Gasteiger partial charge in [-0.05, 0) is 43.2 Å². The standard InChI is InChI=1S/C20H21F3N4O4S/c21-20(22,23)16-6-1-2-7-17(16)32(30,31)27-10-8-13(9-11-27)18(28)25-14-4-3-5-15(12-14)26-19(24)29/h1-7,12-13H,8-11H2,(H,25,28)(H3,24,26,29). The SMILES string of the molecule is NC(=O)Nc1cccc(NC(=O)C2CCN(S(=O)(=O)c3ccccc3C(F)(F)F)CC2)c1. The summed E-state index contributed by atoms with van der Waals surface area (Å²) in [6, 6.07) is 9.59. The number of amides is 3. The number of carbonyl (C=O) groups excluding carboxylic acids is 2. The second kappa shape index (κ2) is 9.17. The van der Waals surface area contributed by atoms with E-state index in [9.17, 15) is 31.2 Å². The van der Waals surface area contributed by atoms with Gasteiger partial charge in [-0.25, -0.2) is 13.2 Å². The Balaban J connectivity index is 1.66. The first kappa shape index (κ1) is 23.5. The maximum Gasteiger partial charge on any atom is 0.417 e. The van der Waals surface area contributed by atoms with Gasteiger partial charge in [0.15, 0.2) is 0 Å². The van der Waals surface area contributed by atoms with E-state index in [2.05, 4.69) is 10.6 Å². The summed E-state index contributed by atoms with van der Waals surface area (Å²) in [6.07, 6.45) is -4.50. The van der Waals surface area contributed by atoms with Gasteiger partial charge >= 0.3 is 12.2 Å². The van der Waals surface area contributed by atoms with E-state index >= 15 is 0 Å². The van der Waals surface area contributed by atoms with Crippen molar-refractivity contribution in [2.45, 2.75) is 23.9 Å². The van der Waals surface area contributed by atoms with Crippen LogP contribution in [0.25, 0.3) is 0 Å². The molecule has 0 atom stereocenters. The second-order valence-corrected chi connectivity index (χ2v) is 9.14. The molecule has 2 aromatic rings. The molecule has 3 amide bonds. The van der Waals surface area contributed by atoms with Crippen LogP contribution < -0.4 is 16.4 Å². The number of nitrogens with one attached hydrogen (secondary N) is 2. The van der Waals surface area contributed by atoms with Gasteiger partial charge in [0.05, 0.1) is 10.5 Å². The molecule has 12 heteroatoms. The Bertz CT molecular complexity index is 1110. The van der Waals surface area contributed by atoms with Crippen molar-refractivity contribution in [3.05, 3.63) is 54.1 Å². The van der Waals surface area contributed by atoms with Crippen molar-refractivity contribution in [3.63, 3.8) is 0 Å². The summed E-state index contributed by atoms with van der Waals surface area (Å²) in [6.45, 7) is -0.175. The number of nitrogens with two attached hydrogens (primary N) is 1. The third-order valence-corrected chi connectivity index (χ3v) is 6.99. The molecule has 32 heavy (non-hydrogen) atoms. The molecule has 1 fully saturated rings. The molecule has 1 saturated heterocycles. The predicted molar refractivity (Wildman–Crippen MR) is 111 cm³/mol. The summed E-state index contributed by atoms with van der Waals surface area (Å²) in [5.74, 6) is -0.874. The molecular weight excluding hydrogens is 449 g/mol. The van der Waals surface area contributed by atoms with E-state index in [1.165, 1.54) is 12.1 Å². The number of benzene rings is 2. The van der Waals surface area contributed by atoms with Crippen molar-refractivity contribution >= 4 is 33.3 Å². The number of alkyl halides is 3. The molecule has 4 N–H and O–H groups in total. The molecule has 0 bridgehead atoms. The molecule has 0 aromatic heterocycles.